The lowest BCUT2D eigenvalue weighted by Crippen LogP contribution is -2.53. The molecule has 8 heteroatoms. The molecule has 0 N–H and O–H groups in total. The summed E-state index contributed by atoms with van der Waals surface area (Å²) in [4.78, 5) is 30.1. The topological polar surface area (TPSA) is 74.7 Å². The van der Waals surface area contributed by atoms with Crippen LogP contribution < -0.4 is 4.74 Å². The molecule has 3 aliphatic rings. The largest absolute Gasteiger partial charge is 0.497 e. The first-order valence-corrected chi connectivity index (χ1v) is 12.3. The molecule has 0 saturated carbocycles. The number of carbonyl (C=O) groups excluding carboxylic acids is 2. The Balaban J connectivity index is 1.26. The van der Waals surface area contributed by atoms with Crippen molar-refractivity contribution >= 4 is 17.5 Å². The van der Waals surface area contributed by atoms with E-state index in [9.17, 15) is 9.59 Å². The van der Waals surface area contributed by atoms with Gasteiger partial charge in [0, 0.05) is 39.2 Å². The van der Waals surface area contributed by atoms with E-state index in [0.717, 1.165) is 35.4 Å². The Kier molecular flexibility index (Phi) is 7.11. The van der Waals surface area contributed by atoms with Crippen LogP contribution in [0, 0.1) is 0 Å². The molecule has 2 aromatic carbocycles. The first-order valence-electron chi connectivity index (χ1n) is 12.3. The van der Waals surface area contributed by atoms with Crippen LogP contribution in [0.15, 0.2) is 59.7 Å². The van der Waals surface area contributed by atoms with E-state index in [2.05, 4.69) is 4.90 Å². The minimum absolute atomic E-state index is 0.0318. The highest BCUT2D eigenvalue weighted by Crippen LogP contribution is 2.33. The van der Waals surface area contributed by atoms with Gasteiger partial charge in [-0.05, 0) is 36.1 Å². The summed E-state index contributed by atoms with van der Waals surface area (Å²) in [6, 6.07) is 17.7. The van der Waals surface area contributed by atoms with Gasteiger partial charge in [0.2, 0.25) is 0 Å². The van der Waals surface area contributed by atoms with Gasteiger partial charge in [-0.15, -0.1) is 0 Å². The minimum Gasteiger partial charge on any atom is -0.497 e. The van der Waals surface area contributed by atoms with Crippen molar-refractivity contribution in [1.29, 1.82) is 0 Å². The van der Waals surface area contributed by atoms with Crippen molar-refractivity contribution in [3.05, 3.63) is 65.7 Å². The molecule has 0 unspecified atom stereocenters. The van der Waals surface area contributed by atoms with Crippen LogP contribution in [0.4, 0.5) is 0 Å². The zero-order valence-electron chi connectivity index (χ0n) is 20.1. The Morgan fingerprint density at radius 3 is 2.43 bits per heavy atom. The Morgan fingerprint density at radius 1 is 1.03 bits per heavy atom. The molecule has 0 spiro atoms. The number of hydrazone groups is 1. The molecule has 2 amide bonds. The van der Waals surface area contributed by atoms with Crippen molar-refractivity contribution in [1.82, 2.24) is 14.8 Å². The standard InChI is InChI=1S/C27H32N4O4/c1-34-22-11-9-21(10-12-22)24-18-23(20-6-3-2-4-7-20)28-31(24)26(32)19-29-13-15-30(16-14-29)27(33)25-8-5-17-35-25/h2-4,6-7,9-12,24-25H,5,8,13-19H2,1H3/t24-,25-/m1/s1. The van der Waals surface area contributed by atoms with Gasteiger partial charge in [-0.1, -0.05) is 42.5 Å². The smallest absolute Gasteiger partial charge is 0.257 e. The van der Waals surface area contributed by atoms with Crippen LogP contribution in [-0.2, 0) is 14.3 Å². The molecule has 3 heterocycles. The summed E-state index contributed by atoms with van der Waals surface area (Å²) in [5.41, 5.74) is 2.97. The number of nitrogens with zero attached hydrogens (tertiary/aromatic N) is 4. The monoisotopic (exact) mass is 476 g/mol. The van der Waals surface area contributed by atoms with Crippen LogP contribution in [0.3, 0.4) is 0 Å². The molecule has 0 aromatic heterocycles. The van der Waals surface area contributed by atoms with Gasteiger partial charge in [-0.2, -0.15) is 5.10 Å². The first kappa shape index (κ1) is 23.5. The van der Waals surface area contributed by atoms with Gasteiger partial charge in [0.25, 0.3) is 11.8 Å². The predicted octanol–water partition coefficient (Wildman–Crippen LogP) is 2.70. The zero-order chi connectivity index (χ0) is 24.2. The molecule has 2 aromatic rings. The summed E-state index contributed by atoms with van der Waals surface area (Å²) in [6.07, 6.45) is 2.12. The molecule has 184 valence electrons. The number of methoxy groups -OCH3 is 1. The molecule has 0 radical (unpaired) electrons. The molecular weight excluding hydrogens is 444 g/mol. The van der Waals surface area contributed by atoms with Crippen LogP contribution in [0.5, 0.6) is 5.75 Å². The summed E-state index contributed by atoms with van der Waals surface area (Å²) < 4.78 is 10.9. The third-order valence-corrected chi connectivity index (χ3v) is 7.02. The highest BCUT2D eigenvalue weighted by atomic mass is 16.5. The molecule has 2 saturated heterocycles. The molecule has 0 bridgehead atoms. The van der Waals surface area contributed by atoms with Crippen molar-refractivity contribution < 1.29 is 19.1 Å². The number of ether oxygens (including phenoxy) is 2. The summed E-state index contributed by atoms with van der Waals surface area (Å²) in [7, 11) is 1.64. The van der Waals surface area contributed by atoms with Crippen molar-refractivity contribution in [2.75, 3.05) is 46.4 Å². The fourth-order valence-corrected chi connectivity index (χ4v) is 5.00. The SMILES string of the molecule is COc1ccc([C@H]2CC(c3ccccc3)=NN2C(=O)CN2CCN(C(=O)[C@H]3CCCO3)CC2)cc1. The normalized spacial score (nSPS) is 22.8. The third kappa shape index (κ3) is 5.23. The maximum Gasteiger partial charge on any atom is 0.257 e. The molecule has 2 fully saturated rings. The highest BCUT2D eigenvalue weighted by molar-refractivity contribution is 6.03. The number of rotatable bonds is 6. The second kappa shape index (κ2) is 10.6. The number of carbonyl (C=O) groups is 2. The zero-order valence-corrected chi connectivity index (χ0v) is 20.1. The van der Waals surface area contributed by atoms with Crippen LogP contribution in [0.25, 0.3) is 0 Å². The van der Waals surface area contributed by atoms with Gasteiger partial charge in [-0.25, -0.2) is 5.01 Å². The number of hydrogen-bond donors (Lipinski definition) is 0. The minimum atomic E-state index is -0.288. The van der Waals surface area contributed by atoms with Crippen molar-refractivity contribution in [2.24, 2.45) is 5.10 Å². The molecule has 3 aliphatic heterocycles. The Bertz CT molecular complexity index is 1060. The quantitative estimate of drug-likeness (QED) is 0.641. The van der Waals surface area contributed by atoms with Gasteiger partial charge in [0.05, 0.1) is 25.4 Å². The molecule has 5 rings (SSSR count). The maximum atomic E-state index is 13.5. The van der Waals surface area contributed by atoms with Crippen molar-refractivity contribution in [2.45, 2.75) is 31.4 Å². The number of amides is 2. The van der Waals surface area contributed by atoms with Gasteiger partial charge in [0.15, 0.2) is 0 Å². The fraction of sp³-hybridized carbons (Fsp3) is 0.444. The van der Waals surface area contributed by atoms with E-state index in [1.807, 2.05) is 59.5 Å². The lowest BCUT2D eigenvalue weighted by Gasteiger charge is -2.36. The molecule has 2 atom stereocenters. The van der Waals surface area contributed by atoms with Crippen molar-refractivity contribution in [3.63, 3.8) is 0 Å². The van der Waals surface area contributed by atoms with Gasteiger partial charge >= 0.3 is 0 Å². The van der Waals surface area contributed by atoms with Crippen LogP contribution in [-0.4, -0.2) is 84.9 Å². The number of hydrogen-bond acceptors (Lipinski definition) is 6. The predicted molar refractivity (Wildman–Crippen MR) is 132 cm³/mol. The van der Waals surface area contributed by atoms with Gasteiger partial charge in [-0.3, -0.25) is 14.5 Å². The van der Waals surface area contributed by atoms with E-state index in [1.165, 1.54) is 0 Å². The molecule has 0 aliphatic carbocycles. The first-order chi connectivity index (χ1) is 17.1. The van der Waals surface area contributed by atoms with E-state index in [1.54, 1.807) is 12.1 Å². The Hall–Kier alpha value is -3.23. The second-order valence-electron chi connectivity index (χ2n) is 9.25. The Labute approximate surface area is 206 Å². The van der Waals surface area contributed by atoms with E-state index >= 15 is 0 Å². The van der Waals surface area contributed by atoms with Crippen molar-refractivity contribution in [3.8, 4) is 5.75 Å². The molecule has 35 heavy (non-hydrogen) atoms. The summed E-state index contributed by atoms with van der Waals surface area (Å²) in [6.45, 7) is 3.52. The van der Waals surface area contributed by atoms with E-state index < -0.39 is 0 Å². The van der Waals surface area contributed by atoms with E-state index in [-0.39, 0.29) is 30.5 Å². The lowest BCUT2D eigenvalue weighted by atomic mass is 9.98. The Morgan fingerprint density at radius 2 is 1.77 bits per heavy atom. The van der Waals surface area contributed by atoms with Crippen LogP contribution in [0.1, 0.15) is 36.4 Å². The average Bonchev–Trinajstić information content (AvgIpc) is 3.60. The van der Waals surface area contributed by atoms with E-state index in [4.69, 9.17) is 14.6 Å². The maximum absolute atomic E-state index is 13.5. The summed E-state index contributed by atoms with van der Waals surface area (Å²) >= 11 is 0. The fourth-order valence-electron chi connectivity index (χ4n) is 5.00. The lowest BCUT2D eigenvalue weighted by molar-refractivity contribution is -0.143. The summed E-state index contributed by atoms with van der Waals surface area (Å²) in [5, 5.41) is 6.43. The molecule has 8 nitrogen and oxygen atoms in total. The van der Waals surface area contributed by atoms with Gasteiger partial charge < -0.3 is 14.4 Å². The third-order valence-electron chi connectivity index (χ3n) is 7.02. The average molecular weight is 477 g/mol. The van der Waals surface area contributed by atoms with E-state index in [0.29, 0.717) is 39.2 Å². The molecular formula is C27H32N4O4. The van der Waals surface area contributed by atoms with Gasteiger partial charge in [0.1, 0.15) is 11.9 Å². The highest BCUT2D eigenvalue weighted by Gasteiger charge is 2.35. The number of piperazine rings is 1. The van der Waals surface area contributed by atoms with Crippen LogP contribution >= 0.6 is 0 Å². The number of benzene rings is 2. The van der Waals surface area contributed by atoms with Crippen LogP contribution in [0.2, 0.25) is 0 Å². The summed E-state index contributed by atoms with van der Waals surface area (Å²) in [5.74, 6) is 0.838. The second-order valence-corrected chi connectivity index (χ2v) is 9.25.